The van der Waals surface area contributed by atoms with Crippen molar-refractivity contribution in [3.63, 3.8) is 0 Å². The zero-order valence-corrected chi connectivity index (χ0v) is 29.8. The summed E-state index contributed by atoms with van der Waals surface area (Å²) in [6.45, 7) is 19.6. The Morgan fingerprint density at radius 3 is 2.18 bits per heavy atom. The molecule has 0 N–H and O–H groups in total. The van der Waals surface area contributed by atoms with Crippen LogP contribution in [0.15, 0.2) is 23.3 Å². The minimum Gasteiger partial charge on any atom is -0.372 e. The molecule has 0 heterocycles. The summed E-state index contributed by atoms with van der Waals surface area (Å²) >= 11 is 0. The zero-order chi connectivity index (χ0) is 33.3. The number of hydrogen-bond acceptors (Lipinski definition) is 8. The summed E-state index contributed by atoms with van der Waals surface area (Å²) in [5.74, 6) is -0.109. The highest BCUT2D eigenvalue weighted by Crippen LogP contribution is 2.73. The molecule has 5 rings (SSSR count). The Morgan fingerprint density at radius 1 is 0.911 bits per heavy atom. The largest absolute Gasteiger partial charge is 0.474 e. The third-order valence-electron chi connectivity index (χ3n) is 13.1. The molecule has 0 aromatic rings. The molecule has 5 aliphatic rings. The van der Waals surface area contributed by atoms with Gasteiger partial charge in [0.2, 0.25) is 0 Å². The van der Waals surface area contributed by atoms with Crippen molar-refractivity contribution in [3.05, 3.63) is 23.3 Å². The lowest BCUT2D eigenvalue weighted by atomic mass is 9.35. The van der Waals surface area contributed by atoms with Crippen LogP contribution in [0.4, 0.5) is 0 Å². The van der Waals surface area contributed by atoms with Gasteiger partial charge in [-0.2, -0.15) is 5.26 Å². The van der Waals surface area contributed by atoms with E-state index in [-0.39, 0.29) is 77.6 Å². The van der Waals surface area contributed by atoms with Crippen LogP contribution in [0.3, 0.4) is 0 Å². The Hall–Kier alpha value is -1.62. The van der Waals surface area contributed by atoms with Crippen LogP contribution < -0.4 is 0 Å². The van der Waals surface area contributed by atoms with E-state index >= 15 is 0 Å². The quantitative estimate of drug-likeness (QED) is 0.183. The molecule has 0 aliphatic heterocycles. The molecule has 0 bridgehead atoms. The summed E-state index contributed by atoms with van der Waals surface area (Å²) < 4.78 is 35.9. The fraction of sp³-hybridized carbons (Fsp3) is 0.806. The Bertz CT molecular complexity index is 1380. The number of hydrogen-bond donors (Lipinski definition) is 0. The highest BCUT2D eigenvalue weighted by Gasteiger charge is 2.70. The summed E-state index contributed by atoms with van der Waals surface area (Å²) in [4.78, 5) is 28.0. The topological polar surface area (TPSA) is 112 Å². The summed E-state index contributed by atoms with van der Waals surface area (Å²) in [5, 5.41) is 9.96. The number of nitriles is 1. The maximum absolute atomic E-state index is 14.7. The molecule has 0 spiro atoms. The van der Waals surface area contributed by atoms with Crippen molar-refractivity contribution in [1.29, 1.82) is 5.26 Å². The zero-order valence-electron chi connectivity index (χ0n) is 28.9. The van der Waals surface area contributed by atoms with Gasteiger partial charge in [0.1, 0.15) is 6.07 Å². The monoisotopic (exact) mass is 643 g/mol. The number of Topliss-reactive ketones (excluding diaryl/α,β-unsaturated/α-hetero) is 1. The van der Waals surface area contributed by atoms with Gasteiger partial charge in [-0.25, -0.2) is 4.57 Å². The molecule has 0 saturated heterocycles. The van der Waals surface area contributed by atoms with Gasteiger partial charge in [-0.1, -0.05) is 60.1 Å². The first-order chi connectivity index (χ1) is 20.9. The summed E-state index contributed by atoms with van der Waals surface area (Å²) in [6.07, 6.45) is 9.99. The van der Waals surface area contributed by atoms with Crippen LogP contribution >= 0.6 is 7.82 Å². The van der Waals surface area contributed by atoms with Crippen molar-refractivity contribution in [2.45, 2.75) is 113 Å². The third-order valence-corrected chi connectivity index (χ3v) is 14.7. The van der Waals surface area contributed by atoms with Crippen LogP contribution in [0.2, 0.25) is 0 Å². The first-order valence-electron chi connectivity index (χ1n) is 17.0. The third kappa shape index (κ3) is 5.28. The molecule has 45 heavy (non-hydrogen) atoms. The number of phosphoric ester groups is 1. The fourth-order valence-corrected chi connectivity index (χ4v) is 11.8. The molecule has 5 aliphatic carbocycles. The molecule has 0 aromatic carbocycles. The van der Waals surface area contributed by atoms with Crippen molar-refractivity contribution in [2.75, 3.05) is 26.4 Å². The van der Waals surface area contributed by atoms with E-state index < -0.39 is 24.3 Å². The number of ketones is 2. The summed E-state index contributed by atoms with van der Waals surface area (Å²) in [7, 11) is -3.64. The number of carbonyl (C=O) groups is 2. The molecule has 8 nitrogen and oxygen atoms in total. The van der Waals surface area contributed by atoms with Gasteiger partial charge >= 0.3 is 7.82 Å². The predicted molar refractivity (Wildman–Crippen MR) is 172 cm³/mol. The summed E-state index contributed by atoms with van der Waals surface area (Å²) in [5.41, 5.74) is -0.913. The molecular formula is C36H54NO7P. The van der Waals surface area contributed by atoms with Crippen molar-refractivity contribution in [1.82, 2.24) is 0 Å². The number of allylic oxidation sites excluding steroid dienone is 4. The number of phosphoric acid groups is 1. The van der Waals surface area contributed by atoms with Crippen LogP contribution in [-0.4, -0.2) is 43.6 Å². The molecule has 7 atom stereocenters. The van der Waals surface area contributed by atoms with Crippen LogP contribution in [0.1, 0.15) is 107 Å². The molecular weight excluding hydrogens is 589 g/mol. The predicted octanol–water partition coefficient (Wildman–Crippen LogP) is 8.17. The molecule has 3 saturated carbocycles. The van der Waals surface area contributed by atoms with Gasteiger partial charge in [-0.3, -0.25) is 23.2 Å². The standard InChI is InChI=1S/C36H54NO7P/c1-10-42-45(40,43-11-2)44-19-18-41-36-16-14-31(3,4)22-25(36)29-26(38)20-28-33(7)21-24(23-37)30(39)32(5,6)27(33)12-13-34(28,8)35(29,9)15-17-36/h20-21,25,27,29H,10-19,22H2,1-9H3/t25-,27-,29-,33-,34+,35+,36-/m0/s1. The van der Waals surface area contributed by atoms with Crippen molar-refractivity contribution >= 4 is 19.4 Å². The second-order valence-electron chi connectivity index (χ2n) is 16.3. The lowest BCUT2D eigenvalue weighted by Gasteiger charge is -2.69. The van der Waals surface area contributed by atoms with E-state index in [4.69, 9.17) is 18.3 Å². The highest BCUT2D eigenvalue weighted by atomic mass is 31.2. The van der Waals surface area contributed by atoms with Crippen molar-refractivity contribution < 1.29 is 32.5 Å². The fourth-order valence-electron chi connectivity index (χ4n) is 10.7. The van der Waals surface area contributed by atoms with Gasteiger partial charge in [-0.15, -0.1) is 0 Å². The number of ether oxygens (including phenoxy) is 1. The Balaban J connectivity index is 1.51. The minimum absolute atomic E-state index is 0.0193. The van der Waals surface area contributed by atoms with Crippen LogP contribution in [-0.2, 0) is 32.5 Å². The van der Waals surface area contributed by atoms with E-state index in [0.717, 1.165) is 50.5 Å². The minimum atomic E-state index is -3.64. The van der Waals surface area contributed by atoms with Crippen LogP contribution in [0.25, 0.3) is 0 Å². The molecule has 250 valence electrons. The smallest absolute Gasteiger partial charge is 0.372 e. The van der Waals surface area contributed by atoms with E-state index in [9.17, 15) is 19.4 Å². The van der Waals surface area contributed by atoms with Gasteiger partial charge in [0.05, 0.1) is 37.6 Å². The van der Waals surface area contributed by atoms with Gasteiger partial charge in [0.15, 0.2) is 11.6 Å². The van der Waals surface area contributed by atoms with E-state index in [2.05, 4.69) is 40.7 Å². The Kier molecular flexibility index (Phi) is 8.88. The first-order valence-corrected chi connectivity index (χ1v) is 18.5. The van der Waals surface area contributed by atoms with Crippen LogP contribution in [0, 0.1) is 56.2 Å². The number of nitrogens with zero attached hydrogens (tertiary/aromatic N) is 1. The second kappa shape index (κ2) is 11.5. The number of fused-ring (bicyclic) bond motifs is 7. The van der Waals surface area contributed by atoms with Gasteiger partial charge in [0, 0.05) is 16.7 Å². The van der Waals surface area contributed by atoms with Gasteiger partial charge < -0.3 is 4.74 Å². The number of carbonyl (C=O) groups excluding carboxylic acids is 2. The van der Waals surface area contributed by atoms with Crippen molar-refractivity contribution in [2.24, 2.45) is 44.8 Å². The molecule has 0 aromatic heterocycles. The van der Waals surface area contributed by atoms with E-state index in [1.807, 2.05) is 26.0 Å². The molecule has 3 fully saturated rings. The lowest BCUT2D eigenvalue weighted by molar-refractivity contribution is -0.215. The van der Waals surface area contributed by atoms with Crippen LogP contribution in [0.5, 0.6) is 0 Å². The first kappa shape index (κ1) is 34.7. The Morgan fingerprint density at radius 2 is 1.56 bits per heavy atom. The maximum atomic E-state index is 14.7. The van der Waals surface area contributed by atoms with Crippen molar-refractivity contribution in [3.8, 4) is 6.07 Å². The Labute approximate surface area is 270 Å². The maximum Gasteiger partial charge on any atom is 0.474 e. The molecule has 0 amide bonds. The average Bonchev–Trinajstić information content (AvgIpc) is 2.95. The van der Waals surface area contributed by atoms with E-state index in [1.54, 1.807) is 13.8 Å². The average molecular weight is 644 g/mol. The molecule has 0 unspecified atom stereocenters. The SMILES string of the molecule is CCOP(=O)(OCC)OCCO[C@]12CCC(C)(C)C[C@H]1[C@H]1C(=O)C=C3[C@@]4(C)C=C(C#N)C(=O)C(C)(C)[C@@H]4CC[C@@]3(C)[C@]1(C)CC2. The van der Waals surface area contributed by atoms with E-state index in [0.29, 0.717) is 0 Å². The lowest BCUT2D eigenvalue weighted by Crippen LogP contribution is -2.66. The van der Waals surface area contributed by atoms with E-state index in [1.165, 1.54) is 0 Å². The summed E-state index contributed by atoms with van der Waals surface area (Å²) in [6, 6.07) is 2.19. The molecule has 0 radical (unpaired) electrons. The van der Waals surface area contributed by atoms with Gasteiger partial charge in [0.25, 0.3) is 0 Å². The number of rotatable bonds is 9. The van der Waals surface area contributed by atoms with Gasteiger partial charge in [-0.05, 0) is 93.0 Å². The second-order valence-corrected chi connectivity index (χ2v) is 18.0. The highest BCUT2D eigenvalue weighted by molar-refractivity contribution is 7.48. The molecule has 9 heteroatoms. The normalized spacial score (nSPS) is 40.2.